The second-order valence-corrected chi connectivity index (χ2v) is 4.52. The Morgan fingerprint density at radius 3 is 2.64 bits per heavy atom. The average Bonchev–Trinajstić information content (AvgIpc) is 2.19. The van der Waals surface area contributed by atoms with Crippen molar-refractivity contribution in [3.8, 4) is 0 Å². The van der Waals surface area contributed by atoms with Crippen LogP contribution in [0, 0.1) is 0 Å². The first-order chi connectivity index (χ1) is 6.70. The predicted octanol–water partition coefficient (Wildman–Crippen LogP) is 2.13. The quantitative estimate of drug-likeness (QED) is 0.821. The molecule has 0 aliphatic rings. The van der Waals surface area contributed by atoms with Gasteiger partial charge in [-0.2, -0.15) is 0 Å². The first-order valence-corrected chi connectivity index (χ1v) is 5.57. The molecule has 0 aliphatic heterocycles. The Hall–Kier alpha value is -0.830. The molecule has 1 amide bonds. The van der Waals surface area contributed by atoms with Gasteiger partial charge in [0, 0.05) is 6.54 Å². The van der Waals surface area contributed by atoms with E-state index in [9.17, 15) is 4.79 Å². The van der Waals surface area contributed by atoms with Crippen LogP contribution in [-0.4, -0.2) is 17.3 Å². The van der Waals surface area contributed by atoms with Crippen LogP contribution >= 0.6 is 15.9 Å². The lowest BCUT2D eigenvalue weighted by Gasteiger charge is -2.06. The number of rotatable bonds is 4. The van der Waals surface area contributed by atoms with Gasteiger partial charge in [-0.05, 0) is 18.9 Å². The summed E-state index contributed by atoms with van der Waals surface area (Å²) >= 11 is 3.21. The third kappa shape index (κ3) is 3.92. The predicted molar refractivity (Wildman–Crippen MR) is 61.5 cm³/mol. The van der Waals surface area contributed by atoms with Crippen molar-refractivity contribution >= 4 is 21.8 Å². The number of benzene rings is 1. The van der Waals surface area contributed by atoms with Gasteiger partial charge in [0.1, 0.15) is 0 Å². The molecule has 2 nitrogen and oxygen atoms in total. The Labute approximate surface area is 92.8 Å². The molecule has 0 bridgehead atoms. The molecule has 1 N–H and O–H groups in total. The number of carbonyl (C=O) groups excluding carboxylic acids is 1. The van der Waals surface area contributed by atoms with Gasteiger partial charge < -0.3 is 5.32 Å². The summed E-state index contributed by atoms with van der Waals surface area (Å²) in [4.78, 5) is 11.1. The van der Waals surface area contributed by atoms with Crippen molar-refractivity contribution in [1.82, 2.24) is 5.32 Å². The molecule has 0 aliphatic carbocycles. The van der Waals surface area contributed by atoms with Crippen molar-refractivity contribution in [3.63, 3.8) is 0 Å². The van der Waals surface area contributed by atoms with Gasteiger partial charge in [0.2, 0.25) is 5.91 Å². The number of halogens is 1. The van der Waals surface area contributed by atoms with Gasteiger partial charge in [-0.1, -0.05) is 46.3 Å². The fourth-order valence-electron chi connectivity index (χ4n) is 1.12. The van der Waals surface area contributed by atoms with E-state index in [1.165, 1.54) is 5.56 Å². The molecule has 1 rings (SSSR count). The first-order valence-electron chi connectivity index (χ1n) is 4.66. The van der Waals surface area contributed by atoms with E-state index in [0.717, 1.165) is 6.42 Å². The Balaban J connectivity index is 2.26. The topological polar surface area (TPSA) is 29.1 Å². The summed E-state index contributed by atoms with van der Waals surface area (Å²) in [5, 5.41) is 2.84. The highest BCUT2D eigenvalue weighted by Crippen LogP contribution is 1.99. The molecule has 1 aromatic carbocycles. The van der Waals surface area contributed by atoms with E-state index in [-0.39, 0.29) is 10.7 Å². The van der Waals surface area contributed by atoms with Crippen molar-refractivity contribution < 1.29 is 4.79 Å². The van der Waals surface area contributed by atoms with E-state index >= 15 is 0 Å². The molecule has 0 spiro atoms. The van der Waals surface area contributed by atoms with E-state index < -0.39 is 0 Å². The molecule has 3 heteroatoms. The summed E-state index contributed by atoms with van der Waals surface area (Å²) in [6.45, 7) is 2.51. The minimum atomic E-state index is -0.113. The van der Waals surface area contributed by atoms with Gasteiger partial charge in [0.05, 0.1) is 4.83 Å². The van der Waals surface area contributed by atoms with Crippen LogP contribution < -0.4 is 5.32 Å². The van der Waals surface area contributed by atoms with Crippen LogP contribution in [0.1, 0.15) is 12.5 Å². The smallest absolute Gasteiger partial charge is 0.233 e. The van der Waals surface area contributed by atoms with Crippen LogP contribution in [0.15, 0.2) is 30.3 Å². The number of nitrogens with one attached hydrogen (secondary N) is 1. The monoisotopic (exact) mass is 255 g/mol. The molecule has 0 aromatic heterocycles. The van der Waals surface area contributed by atoms with Crippen molar-refractivity contribution in [2.45, 2.75) is 18.2 Å². The SMILES string of the molecule is C[C@H](Br)C(=O)NCCc1ccccc1. The van der Waals surface area contributed by atoms with Crippen LogP contribution in [0.25, 0.3) is 0 Å². The molecule has 0 unspecified atom stereocenters. The molecule has 1 atom stereocenters. The summed E-state index contributed by atoms with van der Waals surface area (Å²) in [6, 6.07) is 10.1. The zero-order valence-electron chi connectivity index (χ0n) is 8.16. The van der Waals surface area contributed by atoms with Crippen molar-refractivity contribution in [2.75, 3.05) is 6.54 Å². The number of carbonyl (C=O) groups is 1. The van der Waals surface area contributed by atoms with E-state index in [0.29, 0.717) is 6.54 Å². The normalized spacial score (nSPS) is 12.1. The lowest BCUT2D eigenvalue weighted by atomic mass is 10.1. The maximum atomic E-state index is 11.2. The molecule has 0 heterocycles. The lowest BCUT2D eigenvalue weighted by Crippen LogP contribution is -2.30. The van der Waals surface area contributed by atoms with Gasteiger partial charge in [0.25, 0.3) is 0 Å². The first kappa shape index (κ1) is 11.2. The maximum absolute atomic E-state index is 11.2. The van der Waals surface area contributed by atoms with Crippen molar-refractivity contribution in [2.24, 2.45) is 0 Å². The highest BCUT2D eigenvalue weighted by molar-refractivity contribution is 9.10. The van der Waals surface area contributed by atoms with Crippen LogP contribution in [0.5, 0.6) is 0 Å². The van der Waals surface area contributed by atoms with Gasteiger partial charge in [0.15, 0.2) is 0 Å². The van der Waals surface area contributed by atoms with E-state index in [2.05, 4.69) is 33.4 Å². The van der Waals surface area contributed by atoms with Crippen LogP contribution in [0.2, 0.25) is 0 Å². The standard InChI is InChI=1S/C11H14BrNO/c1-9(12)11(14)13-8-7-10-5-3-2-4-6-10/h2-6,9H,7-8H2,1H3,(H,13,14)/t9-/m0/s1. The average molecular weight is 256 g/mol. The zero-order chi connectivity index (χ0) is 10.4. The number of hydrogen-bond donors (Lipinski definition) is 1. The summed E-state index contributed by atoms with van der Waals surface area (Å²) in [6.07, 6.45) is 0.881. The summed E-state index contributed by atoms with van der Waals surface area (Å²) < 4.78 is 0. The number of alkyl halides is 1. The van der Waals surface area contributed by atoms with Gasteiger partial charge >= 0.3 is 0 Å². The Morgan fingerprint density at radius 2 is 2.07 bits per heavy atom. The highest BCUT2D eigenvalue weighted by Gasteiger charge is 2.06. The molecule has 76 valence electrons. The molecular weight excluding hydrogens is 242 g/mol. The highest BCUT2D eigenvalue weighted by atomic mass is 79.9. The lowest BCUT2D eigenvalue weighted by molar-refractivity contribution is -0.120. The van der Waals surface area contributed by atoms with Crippen LogP contribution in [-0.2, 0) is 11.2 Å². The molecule has 14 heavy (non-hydrogen) atoms. The fraction of sp³-hybridized carbons (Fsp3) is 0.364. The van der Waals surface area contributed by atoms with Crippen molar-refractivity contribution in [1.29, 1.82) is 0 Å². The second-order valence-electron chi connectivity index (χ2n) is 3.14. The minimum Gasteiger partial charge on any atom is -0.355 e. The molecule has 0 radical (unpaired) electrons. The molecule has 0 saturated carbocycles. The zero-order valence-corrected chi connectivity index (χ0v) is 9.75. The Morgan fingerprint density at radius 1 is 1.43 bits per heavy atom. The molecule has 0 saturated heterocycles. The number of hydrogen-bond acceptors (Lipinski definition) is 1. The fourth-order valence-corrected chi connectivity index (χ4v) is 1.28. The third-order valence-electron chi connectivity index (χ3n) is 1.92. The van der Waals surface area contributed by atoms with E-state index in [4.69, 9.17) is 0 Å². The molecule has 1 aromatic rings. The van der Waals surface area contributed by atoms with Crippen LogP contribution in [0.3, 0.4) is 0 Å². The molecule has 0 fully saturated rings. The Kier molecular flexibility index (Phi) is 4.66. The van der Waals surface area contributed by atoms with Gasteiger partial charge in [-0.25, -0.2) is 0 Å². The largest absolute Gasteiger partial charge is 0.355 e. The number of amides is 1. The minimum absolute atomic E-state index is 0.0425. The maximum Gasteiger partial charge on any atom is 0.233 e. The second kappa shape index (κ2) is 5.81. The van der Waals surface area contributed by atoms with Gasteiger partial charge in [-0.15, -0.1) is 0 Å². The Bertz CT molecular complexity index is 285. The van der Waals surface area contributed by atoms with E-state index in [1.807, 2.05) is 25.1 Å². The summed E-state index contributed by atoms with van der Waals surface area (Å²) in [5.74, 6) is 0.0425. The molecular formula is C11H14BrNO. The summed E-state index contributed by atoms with van der Waals surface area (Å²) in [5.41, 5.74) is 1.25. The van der Waals surface area contributed by atoms with Crippen molar-refractivity contribution in [3.05, 3.63) is 35.9 Å². The third-order valence-corrected chi connectivity index (χ3v) is 2.33. The van der Waals surface area contributed by atoms with Crippen LogP contribution in [0.4, 0.5) is 0 Å². The summed E-state index contributed by atoms with van der Waals surface area (Å²) in [7, 11) is 0. The van der Waals surface area contributed by atoms with Gasteiger partial charge in [-0.3, -0.25) is 4.79 Å². The van der Waals surface area contributed by atoms with E-state index in [1.54, 1.807) is 0 Å².